The van der Waals surface area contributed by atoms with E-state index in [9.17, 15) is 4.79 Å². The number of aromatic nitrogens is 1. The zero-order valence-corrected chi connectivity index (χ0v) is 12.5. The van der Waals surface area contributed by atoms with E-state index in [-0.39, 0.29) is 11.6 Å². The van der Waals surface area contributed by atoms with Crippen LogP contribution in [0.2, 0.25) is 5.02 Å². The summed E-state index contributed by atoms with van der Waals surface area (Å²) >= 11 is 5.98. The van der Waals surface area contributed by atoms with E-state index >= 15 is 0 Å². The van der Waals surface area contributed by atoms with Crippen LogP contribution in [-0.4, -0.2) is 36.7 Å². The first kappa shape index (κ1) is 15.7. The summed E-state index contributed by atoms with van der Waals surface area (Å²) in [5, 5.41) is 5.97. The number of carbonyl (C=O) groups excluding carboxylic acids is 1. The molecule has 6 heteroatoms. The second-order valence-corrected chi connectivity index (χ2v) is 5.06. The van der Waals surface area contributed by atoms with Crippen LogP contribution < -0.4 is 10.6 Å². The van der Waals surface area contributed by atoms with Crippen molar-refractivity contribution in [3.63, 3.8) is 0 Å². The minimum Gasteiger partial charge on any atom is -0.374 e. The van der Waals surface area contributed by atoms with Gasteiger partial charge < -0.3 is 15.4 Å². The Bertz CT molecular complexity index is 450. The monoisotopic (exact) mass is 285 g/mol. The Hall–Kier alpha value is -1.33. The molecule has 0 fully saturated rings. The molecule has 1 aromatic heterocycles. The molecule has 0 radical (unpaired) electrons. The van der Waals surface area contributed by atoms with Gasteiger partial charge in [0.05, 0.1) is 10.6 Å². The molecule has 0 aliphatic heterocycles. The van der Waals surface area contributed by atoms with Crippen molar-refractivity contribution in [3.05, 3.63) is 22.8 Å². The van der Waals surface area contributed by atoms with Crippen molar-refractivity contribution in [2.45, 2.75) is 26.4 Å². The number of hydrogen-bond donors (Lipinski definition) is 2. The lowest BCUT2D eigenvalue weighted by Crippen LogP contribution is -2.40. The van der Waals surface area contributed by atoms with Gasteiger partial charge in [0, 0.05) is 20.2 Å². The van der Waals surface area contributed by atoms with E-state index < -0.39 is 5.60 Å². The van der Waals surface area contributed by atoms with Gasteiger partial charge >= 0.3 is 0 Å². The molecule has 0 unspecified atom stereocenters. The first-order chi connectivity index (χ1) is 8.89. The number of anilines is 1. The van der Waals surface area contributed by atoms with Gasteiger partial charge in [0.2, 0.25) is 0 Å². The van der Waals surface area contributed by atoms with Crippen molar-refractivity contribution in [2.75, 3.05) is 25.5 Å². The Balaban J connectivity index is 2.73. The molecule has 106 valence electrons. The van der Waals surface area contributed by atoms with Gasteiger partial charge in [-0.1, -0.05) is 11.6 Å². The molecular formula is C13H20ClN3O2. The number of rotatable bonds is 6. The second-order valence-electron chi connectivity index (χ2n) is 4.65. The van der Waals surface area contributed by atoms with Crippen LogP contribution in [0.25, 0.3) is 0 Å². The van der Waals surface area contributed by atoms with Crippen LogP contribution >= 0.6 is 11.6 Å². The molecule has 0 aliphatic carbocycles. The SMILES string of the molecule is CCOC(C)(C)CNC(=O)c1nc(NC)ccc1Cl. The van der Waals surface area contributed by atoms with Crippen LogP contribution in [0.4, 0.5) is 5.82 Å². The molecule has 0 saturated carbocycles. The highest BCUT2D eigenvalue weighted by atomic mass is 35.5. The smallest absolute Gasteiger partial charge is 0.271 e. The molecular weight excluding hydrogens is 266 g/mol. The third-order valence-corrected chi connectivity index (χ3v) is 2.83. The first-order valence-corrected chi connectivity index (χ1v) is 6.54. The lowest BCUT2D eigenvalue weighted by atomic mass is 10.1. The van der Waals surface area contributed by atoms with Crippen LogP contribution in [0.3, 0.4) is 0 Å². The van der Waals surface area contributed by atoms with Gasteiger partial charge in [-0.15, -0.1) is 0 Å². The van der Waals surface area contributed by atoms with E-state index in [0.29, 0.717) is 24.0 Å². The van der Waals surface area contributed by atoms with E-state index in [1.54, 1.807) is 19.2 Å². The minimum atomic E-state index is -0.419. The van der Waals surface area contributed by atoms with Crippen LogP contribution in [-0.2, 0) is 4.74 Å². The number of nitrogens with zero attached hydrogens (tertiary/aromatic N) is 1. The molecule has 1 rings (SSSR count). The molecule has 0 aromatic carbocycles. The molecule has 2 N–H and O–H groups in total. The maximum absolute atomic E-state index is 12.0. The first-order valence-electron chi connectivity index (χ1n) is 6.16. The van der Waals surface area contributed by atoms with Crippen molar-refractivity contribution in [1.82, 2.24) is 10.3 Å². The van der Waals surface area contributed by atoms with E-state index in [4.69, 9.17) is 16.3 Å². The molecule has 1 heterocycles. The van der Waals surface area contributed by atoms with Crippen molar-refractivity contribution >= 4 is 23.3 Å². The zero-order valence-electron chi connectivity index (χ0n) is 11.7. The molecule has 0 aliphatic rings. The van der Waals surface area contributed by atoms with Gasteiger partial charge in [0.1, 0.15) is 11.5 Å². The number of ether oxygens (including phenoxy) is 1. The topological polar surface area (TPSA) is 63.2 Å². The number of nitrogens with one attached hydrogen (secondary N) is 2. The second kappa shape index (κ2) is 6.73. The summed E-state index contributed by atoms with van der Waals surface area (Å²) in [6.07, 6.45) is 0. The fourth-order valence-electron chi connectivity index (χ4n) is 1.56. The largest absolute Gasteiger partial charge is 0.374 e. The standard InChI is InChI=1S/C13H20ClN3O2/c1-5-19-13(2,3)8-16-12(18)11-9(14)6-7-10(15-4)17-11/h6-7H,5,8H2,1-4H3,(H,15,17)(H,16,18). The zero-order chi connectivity index (χ0) is 14.5. The highest BCUT2D eigenvalue weighted by Crippen LogP contribution is 2.16. The molecule has 0 atom stereocenters. The quantitative estimate of drug-likeness (QED) is 0.842. The summed E-state index contributed by atoms with van der Waals surface area (Å²) in [5.41, 5.74) is -0.210. The van der Waals surface area contributed by atoms with E-state index in [1.165, 1.54) is 0 Å². The highest BCUT2D eigenvalue weighted by molar-refractivity contribution is 6.33. The number of amides is 1. The average Bonchev–Trinajstić information content (AvgIpc) is 2.36. The molecule has 5 nitrogen and oxygen atoms in total. The average molecular weight is 286 g/mol. The van der Waals surface area contributed by atoms with E-state index in [1.807, 2.05) is 20.8 Å². The normalized spacial score (nSPS) is 11.2. The minimum absolute atomic E-state index is 0.209. The van der Waals surface area contributed by atoms with Gasteiger partial charge in [-0.05, 0) is 32.9 Å². The van der Waals surface area contributed by atoms with E-state index in [2.05, 4.69) is 15.6 Å². The molecule has 1 amide bonds. The summed E-state index contributed by atoms with van der Waals surface area (Å²) in [4.78, 5) is 16.2. The van der Waals surface area contributed by atoms with Gasteiger partial charge in [0.25, 0.3) is 5.91 Å². The van der Waals surface area contributed by atoms with Crippen molar-refractivity contribution < 1.29 is 9.53 Å². The maximum Gasteiger partial charge on any atom is 0.271 e. The molecule has 1 aromatic rings. The molecule has 0 spiro atoms. The Morgan fingerprint density at radius 2 is 2.16 bits per heavy atom. The number of carbonyl (C=O) groups is 1. The lowest BCUT2D eigenvalue weighted by molar-refractivity contribution is -0.00818. The third-order valence-electron chi connectivity index (χ3n) is 2.53. The predicted molar refractivity (Wildman–Crippen MR) is 76.8 cm³/mol. The van der Waals surface area contributed by atoms with Crippen molar-refractivity contribution in [3.8, 4) is 0 Å². The summed E-state index contributed by atoms with van der Waals surface area (Å²) in [6, 6.07) is 3.35. The molecule has 0 bridgehead atoms. The highest BCUT2D eigenvalue weighted by Gasteiger charge is 2.20. The van der Waals surface area contributed by atoms with Gasteiger partial charge in [0.15, 0.2) is 0 Å². The van der Waals surface area contributed by atoms with Gasteiger partial charge in [-0.2, -0.15) is 0 Å². The van der Waals surface area contributed by atoms with Crippen molar-refractivity contribution in [2.24, 2.45) is 0 Å². The van der Waals surface area contributed by atoms with E-state index in [0.717, 1.165) is 0 Å². The van der Waals surface area contributed by atoms with Crippen molar-refractivity contribution in [1.29, 1.82) is 0 Å². The fraction of sp³-hybridized carbons (Fsp3) is 0.538. The van der Waals surface area contributed by atoms with Crippen LogP contribution in [0.15, 0.2) is 12.1 Å². The Morgan fingerprint density at radius 1 is 1.47 bits per heavy atom. The van der Waals surface area contributed by atoms with Crippen LogP contribution in [0.5, 0.6) is 0 Å². The molecule has 19 heavy (non-hydrogen) atoms. The van der Waals surface area contributed by atoms with Gasteiger partial charge in [-0.25, -0.2) is 4.98 Å². The summed E-state index contributed by atoms with van der Waals surface area (Å²) in [7, 11) is 1.73. The Morgan fingerprint density at radius 3 is 2.74 bits per heavy atom. The predicted octanol–water partition coefficient (Wildman–Crippen LogP) is 2.32. The van der Waals surface area contributed by atoms with Gasteiger partial charge in [-0.3, -0.25) is 4.79 Å². The summed E-state index contributed by atoms with van der Waals surface area (Å²) in [5.74, 6) is 0.286. The van der Waals surface area contributed by atoms with Crippen LogP contribution in [0.1, 0.15) is 31.3 Å². The van der Waals surface area contributed by atoms with Crippen LogP contribution in [0, 0.1) is 0 Å². The Labute approximate surface area is 118 Å². The number of hydrogen-bond acceptors (Lipinski definition) is 4. The Kier molecular flexibility index (Phi) is 5.57. The lowest BCUT2D eigenvalue weighted by Gasteiger charge is -2.24. The summed E-state index contributed by atoms with van der Waals surface area (Å²) < 4.78 is 5.51. The number of pyridine rings is 1. The molecule has 0 saturated heterocycles. The number of halogens is 1. The fourth-order valence-corrected chi connectivity index (χ4v) is 1.75. The summed E-state index contributed by atoms with van der Waals surface area (Å²) in [6.45, 7) is 6.72. The third kappa shape index (κ3) is 4.69. The maximum atomic E-state index is 12.0.